The maximum atomic E-state index is 12.1. The summed E-state index contributed by atoms with van der Waals surface area (Å²) < 4.78 is 46.4. The Bertz CT molecular complexity index is 399. The van der Waals surface area contributed by atoms with Gasteiger partial charge in [0, 0.05) is 5.56 Å². The molecule has 3 N–H and O–H groups in total. The molecule has 0 aromatic heterocycles. The Morgan fingerprint density at radius 3 is 2.60 bits per heavy atom. The highest BCUT2D eigenvalue weighted by molar-refractivity contribution is 5.36. The van der Waals surface area contributed by atoms with Gasteiger partial charge in [-0.3, -0.25) is 11.3 Å². The van der Waals surface area contributed by atoms with Gasteiger partial charge in [0.1, 0.15) is 12.4 Å². The monoisotopic (exact) mass is 292 g/mol. The number of hydrogen-bond donors (Lipinski definition) is 2. The minimum atomic E-state index is -4.35. The first-order valence-electron chi connectivity index (χ1n) is 6.30. The fourth-order valence-electron chi connectivity index (χ4n) is 1.63. The van der Waals surface area contributed by atoms with E-state index >= 15 is 0 Å². The van der Waals surface area contributed by atoms with E-state index in [0.717, 1.165) is 6.42 Å². The van der Waals surface area contributed by atoms with E-state index in [4.69, 9.17) is 10.6 Å². The number of nitrogens with one attached hydrogen (secondary N) is 1. The van der Waals surface area contributed by atoms with Crippen molar-refractivity contribution in [2.45, 2.75) is 25.6 Å². The van der Waals surface area contributed by atoms with Crippen LogP contribution in [0.5, 0.6) is 5.75 Å². The van der Waals surface area contributed by atoms with Crippen LogP contribution in [0.3, 0.4) is 0 Å². The van der Waals surface area contributed by atoms with E-state index in [-0.39, 0.29) is 6.61 Å². The zero-order chi connectivity index (χ0) is 15.0. The quantitative estimate of drug-likeness (QED) is 0.571. The maximum Gasteiger partial charge on any atom is 0.411 e. The molecule has 4 nitrogen and oxygen atoms in total. The van der Waals surface area contributed by atoms with Crippen molar-refractivity contribution in [1.82, 2.24) is 5.43 Å². The molecule has 0 saturated heterocycles. The normalized spacial score (nSPS) is 13.2. The predicted octanol–water partition coefficient (Wildman–Crippen LogP) is 2.56. The Hall–Kier alpha value is -1.31. The molecular formula is C13H19F3N2O2. The van der Waals surface area contributed by atoms with Crippen LogP contribution in [-0.4, -0.2) is 26.0 Å². The van der Waals surface area contributed by atoms with Gasteiger partial charge in [-0.25, -0.2) is 0 Å². The molecule has 0 aliphatic heterocycles. The lowest BCUT2D eigenvalue weighted by molar-refractivity contribution is -0.175. The molecule has 1 unspecified atom stereocenters. The first-order chi connectivity index (χ1) is 9.48. The number of hydrazine groups is 1. The van der Waals surface area contributed by atoms with Crippen molar-refractivity contribution in [3.8, 4) is 5.75 Å². The van der Waals surface area contributed by atoms with Crippen LogP contribution >= 0.6 is 0 Å². The molecule has 0 fully saturated rings. The van der Waals surface area contributed by atoms with Crippen LogP contribution < -0.4 is 16.0 Å². The van der Waals surface area contributed by atoms with Crippen molar-refractivity contribution < 1.29 is 22.6 Å². The van der Waals surface area contributed by atoms with Gasteiger partial charge >= 0.3 is 6.18 Å². The fourth-order valence-corrected chi connectivity index (χ4v) is 1.63. The summed E-state index contributed by atoms with van der Waals surface area (Å²) in [5.41, 5.74) is 3.12. The third-order valence-corrected chi connectivity index (χ3v) is 2.51. The van der Waals surface area contributed by atoms with Crippen molar-refractivity contribution in [3.63, 3.8) is 0 Å². The van der Waals surface area contributed by atoms with Crippen LogP contribution in [0.4, 0.5) is 13.2 Å². The lowest BCUT2D eigenvalue weighted by Crippen LogP contribution is -2.33. The van der Waals surface area contributed by atoms with Crippen molar-refractivity contribution in [1.29, 1.82) is 0 Å². The summed E-state index contributed by atoms with van der Waals surface area (Å²) in [7, 11) is 0. The second-order valence-corrected chi connectivity index (χ2v) is 4.24. The fraction of sp³-hybridized carbons (Fsp3) is 0.538. The van der Waals surface area contributed by atoms with Crippen LogP contribution in [0.1, 0.15) is 24.9 Å². The summed E-state index contributed by atoms with van der Waals surface area (Å²) >= 11 is 0. The molecule has 0 spiro atoms. The van der Waals surface area contributed by atoms with E-state index in [2.05, 4.69) is 10.2 Å². The molecule has 0 bridgehead atoms. The summed E-state index contributed by atoms with van der Waals surface area (Å²) in [6.07, 6.45) is -3.52. The molecule has 1 rings (SSSR count). The van der Waals surface area contributed by atoms with Gasteiger partial charge in [-0.2, -0.15) is 13.2 Å². The Labute approximate surface area is 116 Å². The number of alkyl halides is 3. The number of rotatable bonds is 8. The maximum absolute atomic E-state index is 12.1. The molecule has 1 aromatic rings. The summed E-state index contributed by atoms with van der Waals surface area (Å²) in [5, 5.41) is 0. The van der Waals surface area contributed by atoms with Crippen molar-refractivity contribution in [3.05, 3.63) is 29.8 Å². The zero-order valence-electron chi connectivity index (χ0n) is 11.2. The van der Waals surface area contributed by atoms with E-state index in [1.165, 1.54) is 0 Å². The average Bonchev–Trinajstić information content (AvgIpc) is 2.41. The molecule has 0 radical (unpaired) electrons. The van der Waals surface area contributed by atoms with Crippen molar-refractivity contribution in [2.75, 3.05) is 19.8 Å². The van der Waals surface area contributed by atoms with Gasteiger partial charge in [0.15, 0.2) is 0 Å². The Morgan fingerprint density at radius 1 is 1.30 bits per heavy atom. The minimum absolute atomic E-state index is 0.192. The average molecular weight is 292 g/mol. The van der Waals surface area contributed by atoms with Crippen LogP contribution in [0, 0.1) is 0 Å². The standard InChI is InChI=1S/C13H19F3N2O2/c1-2-7-20-12-6-4-3-5-10(12)11(18-17)8-19-9-13(14,15)16/h3-6,11,18H,2,7-9,17H2,1H3. The smallest absolute Gasteiger partial charge is 0.411 e. The molecule has 0 saturated carbocycles. The summed E-state index contributed by atoms with van der Waals surface area (Å²) in [6.45, 7) is 0.997. The molecule has 0 aliphatic carbocycles. The summed E-state index contributed by atoms with van der Waals surface area (Å²) in [6, 6.07) is 6.48. The number of para-hydroxylation sites is 1. The van der Waals surface area contributed by atoms with Crippen LogP contribution in [0.15, 0.2) is 24.3 Å². The van der Waals surface area contributed by atoms with Crippen LogP contribution in [0.25, 0.3) is 0 Å². The van der Waals surface area contributed by atoms with E-state index in [1.807, 2.05) is 6.92 Å². The third kappa shape index (κ3) is 5.77. The molecule has 0 amide bonds. The molecule has 20 heavy (non-hydrogen) atoms. The largest absolute Gasteiger partial charge is 0.493 e. The highest BCUT2D eigenvalue weighted by Crippen LogP contribution is 2.25. The Morgan fingerprint density at radius 2 is 2.00 bits per heavy atom. The van der Waals surface area contributed by atoms with Gasteiger partial charge in [0.2, 0.25) is 0 Å². The number of ether oxygens (including phenoxy) is 2. The van der Waals surface area contributed by atoms with Gasteiger partial charge in [0.05, 0.1) is 19.3 Å². The lowest BCUT2D eigenvalue weighted by atomic mass is 10.1. The van der Waals surface area contributed by atoms with Crippen LogP contribution in [-0.2, 0) is 4.74 Å². The van der Waals surface area contributed by atoms with E-state index in [1.54, 1.807) is 24.3 Å². The van der Waals surface area contributed by atoms with Gasteiger partial charge in [-0.15, -0.1) is 0 Å². The van der Waals surface area contributed by atoms with Crippen molar-refractivity contribution in [2.24, 2.45) is 5.84 Å². The Kier molecular flexibility index (Phi) is 6.77. The molecule has 7 heteroatoms. The zero-order valence-corrected chi connectivity index (χ0v) is 11.2. The molecule has 0 heterocycles. The molecule has 0 aliphatic rings. The second-order valence-electron chi connectivity index (χ2n) is 4.24. The lowest BCUT2D eigenvalue weighted by Gasteiger charge is -2.20. The highest BCUT2D eigenvalue weighted by Gasteiger charge is 2.28. The SMILES string of the molecule is CCCOc1ccccc1C(COCC(F)(F)F)NN. The first-order valence-corrected chi connectivity index (χ1v) is 6.30. The number of nitrogens with two attached hydrogens (primary N) is 1. The third-order valence-electron chi connectivity index (χ3n) is 2.51. The molecule has 1 aromatic carbocycles. The van der Waals surface area contributed by atoms with Gasteiger partial charge < -0.3 is 9.47 Å². The van der Waals surface area contributed by atoms with Gasteiger partial charge in [-0.1, -0.05) is 25.1 Å². The molecule has 114 valence electrons. The van der Waals surface area contributed by atoms with E-state index in [0.29, 0.717) is 17.9 Å². The van der Waals surface area contributed by atoms with Crippen molar-refractivity contribution >= 4 is 0 Å². The summed E-state index contributed by atoms with van der Waals surface area (Å²) in [4.78, 5) is 0. The van der Waals surface area contributed by atoms with Gasteiger partial charge in [0.25, 0.3) is 0 Å². The second kappa shape index (κ2) is 8.08. The summed E-state index contributed by atoms with van der Waals surface area (Å²) in [5.74, 6) is 5.98. The minimum Gasteiger partial charge on any atom is -0.493 e. The molecular weight excluding hydrogens is 273 g/mol. The highest BCUT2D eigenvalue weighted by atomic mass is 19.4. The molecule has 1 atom stereocenters. The predicted molar refractivity (Wildman–Crippen MR) is 69.2 cm³/mol. The topological polar surface area (TPSA) is 56.5 Å². The van der Waals surface area contributed by atoms with E-state index in [9.17, 15) is 13.2 Å². The number of halogens is 3. The van der Waals surface area contributed by atoms with E-state index < -0.39 is 18.8 Å². The van der Waals surface area contributed by atoms with Crippen LogP contribution in [0.2, 0.25) is 0 Å². The van der Waals surface area contributed by atoms with Gasteiger partial charge in [-0.05, 0) is 12.5 Å². The number of hydrogen-bond acceptors (Lipinski definition) is 4. The number of benzene rings is 1. The first kappa shape index (κ1) is 16.7. The Balaban J connectivity index is 2.68.